The summed E-state index contributed by atoms with van der Waals surface area (Å²) >= 11 is 0. The first-order valence-electron chi connectivity index (χ1n) is 4.03. The average Bonchev–Trinajstić information content (AvgIpc) is 2.36. The van der Waals surface area contributed by atoms with E-state index in [4.69, 9.17) is 11.5 Å². The molecule has 0 amide bonds. The summed E-state index contributed by atoms with van der Waals surface area (Å²) in [5, 5.41) is 7.19. The van der Waals surface area contributed by atoms with Crippen LogP contribution in [0.25, 0.3) is 0 Å². The summed E-state index contributed by atoms with van der Waals surface area (Å²) in [6.45, 7) is 4.64. The van der Waals surface area contributed by atoms with E-state index in [0.717, 1.165) is 19.6 Å². The SMILES string of the molecule is CCNCCn1ncc(N)c1N. The molecular weight excluding hydrogens is 154 g/mol. The second kappa shape index (κ2) is 3.96. The number of rotatable bonds is 4. The highest BCUT2D eigenvalue weighted by atomic mass is 15.3. The molecule has 5 N–H and O–H groups in total. The van der Waals surface area contributed by atoms with Gasteiger partial charge in [-0.1, -0.05) is 6.92 Å². The number of nitrogens with zero attached hydrogens (tertiary/aromatic N) is 2. The molecule has 0 saturated carbocycles. The van der Waals surface area contributed by atoms with Crippen molar-refractivity contribution in [1.82, 2.24) is 15.1 Å². The molecule has 1 aromatic rings. The Balaban J connectivity index is 2.46. The van der Waals surface area contributed by atoms with Gasteiger partial charge in [-0.2, -0.15) is 5.10 Å². The molecule has 5 heteroatoms. The van der Waals surface area contributed by atoms with Gasteiger partial charge >= 0.3 is 0 Å². The minimum Gasteiger partial charge on any atom is -0.394 e. The summed E-state index contributed by atoms with van der Waals surface area (Å²) in [4.78, 5) is 0. The Kier molecular flexibility index (Phi) is 2.93. The van der Waals surface area contributed by atoms with Crippen LogP contribution in [0.4, 0.5) is 11.5 Å². The van der Waals surface area contributed by atoms with Crippen LogP contribution in [0.15, 0.2) is 6.20 Å². The Morgan fingerprint density at radius 1 is 1.58 bits per heavy atom. The van der Waals surface area contributed by atoms with Crippen LogP contribution < -0.4 is 16.8 Å². The summed E-state index contributed by atoms with van der Waals surface area (Å²) in [6.07, 6.45) is 1.57. The van der Waals surface area contributed by atoms with Gasteiger partial charge in [0.15, 0.2) is 0 Å². The summed E-state index contributed by atoms with van der Waals surface area (Å²) in [6, 6.07) is 0. The number of nitrogens with two attached hydrogens (primary N) is 2. The summed E-state index contributed by atoms with van der Waals surface area (Å²) in [5.74, 6) is 0.549. The fourth-order valence-electron chi connectivity index (χ4n) is 0.949. The Hall–Kier alpha value is -1.23. The van der Waals surface area contributed by atoms with Crippen molar-refractivity contribution in [3.63, 3.8) is 0 Å². The van der Waals surface area contributed by atoms with Crippen LogP contribution in [0.3, 0.4) is 0 Å². The van der Waals surface area contributed by atoms with Gasteiger partial charge in [0.25, 0.3) is 0 Å². The van der Waals surface area contributed by atoms with Crippen molar-refractivity contribution >= 4 is 11.5 Å². The molecule has 0 saturated heterocycles. The van der Waals surface area contributed by atoms with Gasteiger partial charge in [-0.15, -0.1) is 0 Å². The molecule has 1 aromatic heterocycles. The van der Waals surface area contributed by atoms with Crippen molar-refractivity contribution in [1.29, 1.82) is 0 Å². The van der Waals surface area contributed by atoms with Crippen molar-refractivity contribution in [3.8, 4) is 0 Å². The van der Waals surface area contributed by atoms with E-state index >= 15 is 0 Å². The lowest BCUT2D eigenvalue weighted by atomic mass is 10.5. The van der Waals surface area contributed by atoms with Gasteiger partial charge in [-0.3, -0.25) is 0 Å². The third-order valence-electron chi connectivity index (χ3n) is 1.66. The van der Waals surface area contributed by atoms with Crippen LogP contribution in [0.2, 0.25) is 0 Å². The molecule has 0 aromatic carbocycles. The maximum atomic E-state index is 5.63. The first-order valence-corrected chi connectivity index (χ1v) is 4.03. The van der Waals surface area contributed by atoms with E-state index in [0.29, 0.717) is 11.5 Å². The zero-order valence-corrected chi connectivity index (χ0v) is 7.25. The number of likely N-dealkylation sites (N-methyl/N-ethyl adjacent to an activating group) is 1. The van der Waals surface area contributed by atoms with Crippen molar-refractivity contribution in [2.24, 2.45) is 0 Å². The molecule has 0 aliphatic heterocycles. The van der Waals surface area contributed by atoms with E-state index in [2.05, 4.69) is 17.3 Å². The molecule has 12 heavy (non-hydrogen) atoms. The monoisotopic (exact) mass is 169 g/mol. The summed E-state index contributed by atoms with van der Waals surface area (Å²) < 4.78 is 1.69. The van der Waals surface area contributed by atoms with Crippen molar-refractivity contribution in [3.05, 3.63) is 6.20 Å². The molecule has 5 nitrogen and oxygen atoms in total. The first kappa shape index (κ1) is 8.86. The highest BCUT2D eigenvalue weighted by Crippen LogP contribution is 2.11. The smallest absolute Gasteiger partial charge is 0.145 e. The second-order valence-corrected chi connectivity index (χ2v) is 2.56. The summed E-state index contributed by atoms with van der Waals surface area (Å²) in [5.41, 5.74) is 11.7. The van der Waals surface area contributed by atoms with Crippen molar-refractivity contribution < 1.29 is 0 Å². The van der Waals surface area contributed by atoms with Crippen molar-refractivity contribution in [2.45, 2.75) is 13.5 Å². The molecule has 0 aliphatic rings. The Bertz CT molecular complexity index is 242. The van der Waals surface area contributed by atoms with Crippen LogP contribution in [-0.4, -0.2) is 22.9 Å². The van der Waals surface area contributed by atoms with Crippen molar-refractivity contribution in [2.75, 3.05) is 24.6 Å². The molecule has 0 aliphatic carbocycles. The normalized spacial score (nSPS) is 10.4. The molecule has 0 spiro atoms. The maximum absolute atomic E-state index is 5.63. The zero-order chi connectivity index (χ0) is 8.97. The van der Waals surface area contributed by atoms with E-state index in [1.54, 1.807) is 10.9 Å². The third-order valence-corrected chi connectivity index (χ3v) is 1.66. The predicted molar refractivity (Wildman–Crippen MR) is 49.6 cm³/mol. The van der Waals surface area contributed by atoms with Crippen LogP contribution >= 0.6 is 0 Å². The fourth-order valence-corrected chi connectivity index (χ4v) is 0.949. The quantitative estimate of drug-likeness (QED) is 0.538. The van der Waals surface area contributed by atoms with Gasteiger partial charge < -0.3 is 16.8 Å². The maximum Gasteiger partial charge on any atom is 0.145 e. The largest absolute Gasteiger partial charge is 0.394 e. The molecule has 0 fully saturated rings. The number of anilines is 2. The molecule has 0 bridgehead atoms. The molecule has 0 unspecified atom stereocenters. The van der Waals surface area contributed by atoms with E-state index in [9.17, 15) is 0 Å². The fraction of sp³-hybridized carbons (Fsp3) is 0.571. The van der Waals surface area contributed by atoms with E-state index in [1.807, 2.05) is 0 Å². The third kappa shape index (κ3) is 1.88. The highest BCUT2D eigenvalue weighted by molar-refractivity contribution is 5.56. The number of nitrogen functional groups attached to an aromatic ring is 2. The molecule has 1 rings (SSSR count). The topological polar surface area (TPSA) is 81.9 Å². The van der Waals surface area contributed by atoms with Crippen LogP contribution in [0, 0.1) is 0 Å². The van der Waals surface area contributed by atoms with Gasteiger partial charge in [-0.25, -0.2) is 4.68 Å². The van der Waals surface area contributed by atoms with Crippen LogP contribution in [0.1, 0.15) is 6.92 Å². The Morgan fingerprint density at radius 2 is 2.33 bits per heavy atom. The Labute approximate surface area is 71.7 Å². The van der Waals surface area contributed by atoms with Gasteiger partial charge in [0.2, 0.25) is 0 Å². The lowest BCUT2D eigenvalue weighted by molar-refractivity contribution is 0.571. The predicted octanol–water partition coefficient (Wildman–Crippen LogP) is -0.343. The highest BCUT2D eigenvalue weighted by Gasteiger charge is 2.01. The van der Waals surface area contributed by atoms with E-state index < -0.39 is 0 Å². The number of aromatic nitrogens is 2. The number of hydrogen-bond donors (Lipinski definition) is 3. The minimum absolute atomic E-state index is 0.548. The van der Waals surface area contributed by atoms with E-state index in [1.165, 1.54) is 0 Å². The first-order chi connectivity index (χ1) is 5.75. The zero-order valence-electron chi connectivity index (χ0n) is 7.25. The van der Waals surface area contributed by atoms with Gasteiger partial charge in [0, 0.05) is 6.54 Å². The van der Waals surface area contributed by atoms with Crippen LogP contribution in [0.5, 0.6) is 0 Å². The van der Waals surface area contributed by atoms with E-state index in [-0.39, 0.29) is 0 Å². The number of nitrogens with one attached hydrogen (secondary N) is 1. The lowest BCUT2D eigenvalue weighted by Gasteiger charge is -2.03. The van der Waals surface area contributed by atoms with Gasteiger partial charge in [0.1, 0.15) is 5.82 Å². The second-order valence-electron chi connectivity index (χ2n) is 2.56. The van der Waals surface area contributed by atoms with Crippen LogP contribution in [-0.2, 0) is 6.54 Å². The Morgan fingerprint density at radius 3 is 2.83 bits per heavy atom. The number of hydrogen-bond acceptors (Lipinski definition) is 4. The minimum atomic E-state index is 0.548. The molecule has 0 atom stereocenters. The standard InChI is InChI=1S/C7H15N5/c1-2-10-3-4-12-7(9)6(8)5-11-12/h5,10H,2-4,8-9H2,1H3. The van der Waals surface area contributed by atoms with Gasteiger partial charge in [-0.05, 0) is 6.54 Å². The summed E-state index contributed by atoms with van der Waals surface area (Å²) in [7, 11) is 0. The molecule has 1 heterocycles. The average molecular weight is 169 g/mol. The van der Waals surface area contributed by atoms with Gasteiger partial charge in [0.05, 0.1) is 18.4 Å². The lowest BCUT2D eigenvalue weighted by Crippen LogP contribution is -2.20. The molecule has 0 radical (unpaired) electrons. The molecular formula is C7H15N5. The molecule has 68 valence electrons.